The zero-order valence-electron chi connectivity index (χ0n) is 14.4. The number of alkyl halides is 3. The van der Waals surface area contributed by atoms with E-state index >= 15 is 0 Å². The minimum absolute atomic E-state index is 0.0673. The lowest BCUT2D eigenvalue weighted by molar-refractivity contribution is -0.144. The monoisotopic (exact) mass is 358 g/mol. The Bertz CT molecular complexity index is 537. The number of ether oxygens (including phenoxy) is 1. The van der Waals surface area contributed by atoms with E-state index in [-0.39, 0.29) is 12.0 Å². The Morgan fingerprint density at radius 3 is 2.64 bits per heavy atom. The topological polar surface area (TPSA) is 41.6 Å². The normalized spacial score (nSPS) is 21.4. The highest BCUT2D eigenvalue weighted by Crippen LogP contribution is 2.28. The molecule has 25 heavy (non-hydrogen) atoms. The van der Waals surface area contributed by atoms with E-state index in [1.807, 2.05) is 37.3 Å². The Hall–Kier alpha value is -1.60. The number of carbonyl (C=O) groups is 1. The second-order valence-electron chi connectivity index (χ2n) is 6.26. The average Bonchev–Trinajstić information content (AvgIpc) is 2.96. The molecular formula is C18H25F3N2O2. The SMILES string of the molecule is CCOCCN1C[C@H](NC(=O)CCC(F)(F)F)[C@@H](c2ccccc2)C1. The molecule has 0 spiro atoms. The van der Waals surface area contributed by atoms with Crippen LogP contribution >= 0.6 is 0 Å². The molecule has 1 N–H and O–H groups in total. The van der Waals surface area contributed by atoms with E-state index in [9.17, 15) is 18.0 Å². The molecule has 4 nitrogen and oxygen atoms in total. The van der Waals surface area contributed by atoms with Crippen LogP contribution in [-0.2, 0) is 9.53 Å². The molecule has 1 aliphatic heterocycles. The number of rotatable bonds is 8. The third-order valence-corrected chi connectivity index (χ3v) is 4.36. The van der Waals surface area contributed by atoms with Crippen molar-refractivity contribution in [1.29, 1.82) is 0 Å². The van der Waals surface area contributed by atoms with Crippen molar-refractivity contribution >= 4 is 5.91 Å². The summed E-state index contributed by atoms with van der Waals surface area (Å²) in [6.45, 7) is 5.29. The first-order valence-electron chi connectivity index (χ1n) is 8.60. The summed E-state index contributed by atoms with van der Waals surface area (Å²) in [5, 5.41) is 2.80. The fourth-order valence-corrected chi connectivity index (χ4v) is 3.12. The summed E-state index contributed by atoms with van der Waals surface area (Å²) in [5.74, 6) is -0.479. The van der Waals surface area contributed by atoms with Gasteiger partial charge in [0.1, 0.15) is 0 Å². The van der Waals surface area contributed by atoms with Gasteiger partial charge in [0.2, 0.25) is 5.91 Å². The molecule has 1 aromatic rings. The average molecular weight is 358 g/mol. The van der Waals surface area contributed by atoms with Gasteiger partial charge in [0, 0.05) is 44.6 Å². The lowest BCUT2D eigenvalue weighted by Gasteiger charge is -2.20. The van der Waals surface area contributed by atoms with Gasteiger partial charge in [-0.25, -0.2) is 0 Å². The molecule has 0 unspecified atom stereocenters. The quantitative estimate of drug-likeness (QED) is 0.727. The first-order chi connectivity index (χ1) is 11.9. The molecule has 0 aromatic heterocycles. The summed E-state index contributed by atoms with van der Waals surface area (Å²) in [5.41, 5.74) is 1.09. The highest BCUT2D eigenvalue weighted by Gasteiger charge is 2.35. The zero-order valence-corrected chi connectivity index (χ0v) is 14.4. The number of hydrogen-bond acceptors (Lipinski definition) is 3. The van der Waals surface area contributed by atoms with Crippen LogP contribution in [0.5, 0.6) is 0 Å². The van der Waals surface area contributed by atoms with Gasteiger partial charge in [0.05, 0.1) is 13.0 Å². The van der Waals surface area contributed by atoms with Crippen LogP contribution in [0.1, 0.15) is 31.2 Å². The molecule has 0 radical (unpaired) electrons. The number of benzene rings is 1. The maximum atomic E-state index is 12.3. The Kier molecular flexibility index (Phi) is 7.25. The summed E-state index contributed by atoms with van der Waals surface area (Å²) in [4.78, 5) is 14.1. The standard InChI is InChI=1S/C18H25F3N2O2/c1-2-25-11-10-23-12-15(14-6-4-3-5-7-14)16(13-23)22-17(24)8-9-18(19,20)21/h3-7,15-16H,2,8-13H2,1H3,(H,22,24)/t15-,16+/m1/s1. The Morgan fingerprint density at radius 2 is 2.00 bits per heavy atom. The van der Waals surface area contributed by atoms with Crippen molar-refractivity contribution in [2.24, 2.45) is 0 Å². The zero-order chi connectivity index (χ0) is 18.3. The van der Waals surface area contributed by atoms with Crippen molar-refractivity contribution < 1.29 is 22.7 Å². The van der Waals surface area contributed by atoms with Gasteiger partial charge < -0.3 is 10.1 Å². The molecule has 1 heterocycles. The molecule has 1 amide bonds. The highest BCUT2D eigenvalue weighted by molar-refractivity contribution is 5.76. The lowest BCUT2D eigenvalue weighted by Crippen LogP contribution is -2.40. The second kappa shape index (κ2) is 9.20. The van der Waals surface area contributed by atoms with E-state index < -0.39 is 24.9 Å². The number of nitrogens with one attached hydrogen (secondary N) is 1. The molecule has 1 saturated heterocycles. The predicted molar refractivity (Wildman–Crippen MR) is 89.3 cm³/mol. The Labute approximate surface area is 146 Å². The second-order valence-corrected chi connectivity index (χ2v) is 6.26. The fraction of sp³-hybridized carbons (Fsp3) is 0.611. The van der Waals surface area contributed by atoms with E-state index in [4.69, 9.17) is 4.74 Å². The van der Waals surface area contributed by atoms with Crippen molar-refractivity contribution in [1.82, 2.24) is 10.2 Å². The maximum absolute atomic E-state index is 12.3. The largest absolute Gasteiger partial charge is 0.389 e. The van der Waals surface area contributed by atoms with Crippen molar-refractivity contribution in [2.45, 2.75) is 37.9 Å². The number of carbonyl (C=O) groups excluding carboxylic acids is 1. The molecule has 0 bridgehead atoms. The van der Waals surface area contributed by atoms with Crippen molar-refractivity contribution in [2.75, 3.05) is 32.8 Å². The van der Waals surface area contributed by atoms with Gasteiger partial charge in [-0.3, -0.25) is 9.69 Å². The summed E-state index contributed by atoms with van der Waals surface area (Å²) >= 11 is 0. The molecule has 2 rings (SSSR count). The van der Waals surface area contributed by atoms with Gasteiger partial charge in [-0.05, 0) is 12.5 Å². The van der Waals surface area contributed by atoms with Gasteiger partial charge in [0.15, 0.2) is 0 Å². The minimum atomic E-state index is -4.31. The van der Waals surface area contributed by atoms with Crippen LogP contribution in [0.3, 0.4) is 0 Å². The van der Waals surface area contributed by atoms with E-state index in [0.717, 1.165) is 18.7 Å². The van der Waals surface area contributed by atoms with E-state index in [0.29, 0.717) is 19.8 Å². The van der Waals surface area contributed by atoms with Crippen molar-refractivity contribution in [3.8, 4) is 0 Å². The predicted octanol–water partition coefficient (Wildman–Crippen LogP) is 2.95. The molecule has 0 saturated carbocycles. The molecular weight excluding hydrogens is 333 g/mol. The molecule has 1 aromatic carbocycles. The number of halogens is 3. The Balaban J connectivity index is 1.97. The van der Waals surface area contributed by atoms with E-state index in [1.165, 1.54) is 0 Å². The van der Waals surface area contributed by atoms with Crippen molar-refractivity contribution in [3.63, 3.8) is 0 Å². The molecule has 0 aliphatic carbocycles. The fourth-order valence-electron chi connectivity index (χ4n) is 3.12. The third kappa shape index (κ3) is 6.66. The minimum Gasteiger partial charge on any atom is -0.380 e. The highest BCUT2D eigenvalue weighted by atomic mass is 19.4. The first-order valence-corrected chi connectivity index (χ1v) is 8.60. The van der Waals surface area contributed by atoms with Gasteiger partial charge in [-0.15, -0.1) is 0 Å². The smallest absolute Gasteiger partial charge is 0.380 e. The van der Waals surface area contributed by atoms with Gasteiger partial charge in [-0.2, -0.15) is 13.2 Å². The van der Waals surface area contributed by atoms with Gasteiger partial charge in [0.25, 0.3) is 0 Å². The van der Waals surface area contributed by atoms with Gasteiger partial charge in [-0.1, -0.05) is 30.3 Å². The summed E-state index contributed by atoms with van der Waals surface area (Å²) < 4.78 is 42.3. The molecule has 1 aliphatic rings. The van der Waals surface area contributed by atoms with E-state index in [1.54, 1.807) is 0 Å². The third-order valence-electron chi connectivity index (χ3n) is 4.36. The number of amides is 1. The van der Waals surface area contributed by atoms with Crippen LogP contribution in [0.4, 0.5) is 13.2 Å². The van der Waals surface area contributed by atoms with Crippen LogP contribution in [0.25, 0.3) is 0 Å². The summed E-state index contributed by atoms with van der Waals surface area (Å²) in [7, 11) is 0. The summed E-state index contributed by atoms with van der Waals surface area (Å²) in [6.07, 6.45) is -5.93. The Morgan fingerprint density at radius 1 is 1.28 bits per heavy atom. The van der Waals surface area contributed by atoms with Crippen LogP contribution in [0.2, 0.25) is 0 Å². The van der Waals surface area contributed by atoms with Crippen LogP contribution in [0.15, 0.2) is 30.3 Å². The van der Waals surface area contributed by atoms with E-state index in [2.05, 4.69) is 10.2 Å². The molecule has 140 valence electrons. The number of nitrogens with zero attached hydrogens (tertiary/aromatic N) is 1. The molecule has 7 heteroatoms. The van der Waals surface area contributed by atoms with Gasteiger partial charge >= 0.3 is 6.18 Å². The van der Waals surface area contributed by atoms with Crippen molar-refractivity contribution in [3.05, 3.63) is 35.9 Å². The summed E-state index contributed by atoms with van der Waals surface area (Å²) in [6, 6.07) is 9.57. The van der Waals surface area contributed by atoms with Crippen LogP contribution < -0.4 is 5.32 Å². The molecule has 2 atom stereocenters. The maximum Gasteiger partial charge on any atom is 0.389 e. The number of likely N-dealkylation sites (tertiary alicyclic amines) is 1. The molecule has 1 fully saturated rings. The van der Waals surface area contributed by atoms with Crippen LogP contribution in [-0.4, -0.2) is 55.9 Å². The van der Waals surface area contributed by atoms with Crippen LogP contribution in [0, 0.1) is 0 Å². The first kappa shape index (κ1) is 19.7. The number of hydrogen-bond donors (Lipinski definition) is 1. The lowest BCUT2D eigenvalue weighted by atomic mass is 9.94.